The Bertz CT molecular complexity index is 318. The predicted octanol–water partition coefficient (Wildman–Crippen LogP) is 1.48. The van der Waals surface area contributed by atoms with Crippen LogP contribution in [-0.4, -0.2) is 16.0 Å². The molecule has 0 fully saturated rings. The molecule has 0 bridgehead atoms. The highest BCUT2D eigenvalue weighted by molar-refractivity contribution is 5.98. The van der Waals surface area contributed by atoms with Crippen LogP contribution in [0.4, 0.5) is 0 Å². The third-order valence-electron chi connectivity index (χ3n) is 1.87. The van der Waals surface area contributed by atoms with Crippen molar-refractivity contribution >= 4 is 5.78 Å². The van der Waals surface area contributed by atoms with Gasteiger partial charge in [0, 0.05) is 6.42 Å². The first-order chi connectivity index (χ1) is 6.19. The zero-order valence-electron chi connectivity index (χ0n) is 7.45. The van der Waals surface area contributed by atoms with Crippen molar-refractivity contribution in [3.63, 3.8) is 0 Å². The van der Waals surface area contributed by atoms with Gasteiger partial charge in [0.25, 0.3) is 0 Å². The lowest BCUT2D eigenvalue weighted by Crippen LogP contribution is -1.97. The summed E-state index contributed by atoms with van der Waals surface area (Å²) < 4.78 is 0. The molecule has 2 N–H and O–H groups in total. The molecule has 0 saturated heterocycles. The van der Waals surface area contributed by atoms with Gasteiger partial charge in [-0.25, -0.2) is 0 Å². The molecule has 0 aliphatic rings. The van der Waals surface area contributed by atoms with Gasteiger partial charge < -0.3 is 10.2 Å². The van der Waals surface area contributed by atoms with Crippen molar-refractivity contribution in [2.45, 2.75) is 20.0 Å². The molecule has 70 valence electrons. The molecular formula is C10H12O3. The van der Waals surface area contributed by atoms with Crippen molar-refractivity contribution in [1.29, 1.82) is 0 Å². The number of rotatable bonds is 3. The third-order valence-corrected chi connectivity index (χ3v) is 1.87. The molecule has 1 aromatic rings. The lowest BCUT2D eigenvalue weighted by Gasteiger charge is -2.03. The molecule has 0 saturated carbocycles. The van der Waals surface area contributed by atoms with Gasteiger partial charge in [0.05, 0.1) is 12.2 Å². The molecule has 13 heavy (non-hydrogen) atoms. The predicted molar refractivity (Wildman–Crippen MR) is 48.7 cm³/mol. The van der Waals surface area contributed by atoms with Crippen molar-refractivity contribution in [2.24, 2.45) is 0 Å². The fraction of sp³-hybridized carbons (Fsp3) is 0.300. The number of hydrogen-bond acceptors (Lipinski definition) is 3. The number of benzene rings is 1. The van der Waals surface area contributed by atoms with E-state index in [0.29, 0.717) is 17.5 Å². The molecule has 0 aromatic heterocycles. The number of Topliss-reactive ketones (excluding diaryl/α,β-unsaturated/α-hetero) is 1. The van der Waals surface area contributed by atoms with Gasteiger partial charge in [-0.1, -0.05) is 13.0 Å². The smallest absolute Gasteiger partial charge is 0.166 e. The van der Waals surface area contributed by atoms with Crippen LogP contribution in [0.15, 0.2) is 18.2 Å². The van der Waals surface area contributed by atoms with E-state index in [9.17, 15) is 9.90 Å². The number of carbonyl (C=O) groups excluding carboxylic acids is 1. The zero-order chi connectivity index (χ0) is 9.84. The fourth-order valence-electron chi connectivity index (χ4n) is 1.10. The summed E-state index contributed by atoms with van der Waals surface area (Å²) in [5.41, 5.74) is 0.921. The topological polar surface area (TPSA) is 57.5 Å². The van der Waals surface area contributed by atoms with Gasteiger partial charge in [0.15, 0.2) is 5.78 Å². The molecule has 0 atom stereocenters. The van der Waals surface area contributed by atoms with Crippen LogP contribution in [0.2, 0.25) is 0 Å². The molecule has 1 rings (SSSR count). The number of ketones is 1. The van der Waals surface area contributed by atoms with Crippen molar-refractivity contribution < 1.29 is 15.0 Å². The first-order valence-corrected chi connectivity index (χ1v) is 4.15. The van der Waals surface area contributed by atoms with E-state index in [1.54, 1.807) is 13.0 Å². The molecule has 1 aromatic carbocycles. The van der Waals surface area contributed by atoms with Gasteiger partial charge in [0.2, 0.25) is 0 Å². The summed E-state index contributed by atoms with van der Waals surface area (Å²) in [7, 11) is 0. The second-order valence-corrected chi connectivity index (χ2v) is 2.79. The second kappa shape index (κ2) is 4.05. The van der Waals surface area contributed by atoms with Crippen molar-refractivity contribution in [2.75, 3.05) is 0 Å². The number of aliphatic hydroxyl groups excluding tert-OH is 1. The maximum Gasteiger partial charge on any atom is 0.166 e. The van der Waals surface area contributed by atoms with Crippen LogP contribution in [0, 0.1) is 0 Å². The molecule has 0 radical (unpaired) electrons. The van der Waals surface area contributed by atoms with E-state index in [0.717, 1.165) is 0 Å². The standard InChI is InChI=1S/C10H12O3/c1-2-9(12)8-4-3-7(6-11)5-10(8)13/h3-5,11,13H,2,6H2,1H3. The number of phenolic OH excluding ortho intramolecular Hbond substituents is 1. The lowest BCUT2D eigenvalue weighted by atomic mass is 10.1. The second-order valence-electron chi connectivity index (χ2n) is 2.79. The number of carbonyl (C=O) groups is 1. The quantitative estimate of drug-likeness (QED) is 0.692. The molecule has 0 aliphatic carbocycles. The number of aromatic hydroxyl groups is 1. The van der Waals surface area contributed by atoms with E-state index in [4.69, 9.17) is 5.11 Å². The minimum atomic E-state index is -0.131. The fourth-order valence-corrected chi connectivity index (χ4v) is 1.10. The highest BCUT2D eigenvalue weighted by atomic mass is 16.3. The van der Waals surface area contributed by atoms with Crippen LogP contribution < -0.4 is 0 Å². The van der Waals surface area contributed by atoms with E-state index >= 15 is 0 Å². The van der Waals surface area contributed by atoms with Gasteiger partial charge in [-0.2, -0.15) is 0 Å². The highest BCUT2D eigenvalue weighted by Crippen LogP contribution is 2.20. The van der Waals surface area contributed by atoms with Gasteiger partial charge in [-0.15, -0.1) is 0 Å². The van der Waals surface area contributed by atoms with E-state index in [2.05, 4.69) is 0 Å². The Labute approximate surface area is 76.6 Å². The van der Waals surface area contributed by atoms with Crippen LogP contribution in [0.1, 0.15) is 29.3 Å². The van der Waals surface area contributed by atoms with Crippen molar-refractivity contribution in [3.8, 4) is 5.75 Å². The van der Waals surface area contributed by atoms with Crippen LogP contribution in [-0.2, 0) is 6.61 Å². The van der Waals surface area contributed by atoms with E-state index in [1.807, 2.05) is 0 Å². The van der Waals surface area contributed by atoms with Gasteiger partial charge in [0.1, 0.15) is 5.75 Å². The SMILES string of the molecule is CCC(=O)c1ccc(CO)cc1O. The Hall–Kier alpha value is -1.35. The van der Waals surface area contributed by atoms with E-state index in [1.165, 1.54) is 12.1 Å². The monoisotopic (exact) mass is 180 g/mol. The summed E-state index contributed by atoms with van der Waals surface area (Å²) >= 11 is 0. The summed E-state index contributed by atoms with van der Waals surface area (Å²) in [4.78, 5) is 11.2. The average molecular weight is 180 g/mol. The molecule has 3 heteroatoms. The minimum Gasteiger partial charge on any atom is -0.507 e. The largest absolute Gasteiger partial charge is 0.507 e. The Morgan fingerprint density at radius 3 is 2.62 bits per heavy atom. The summed E-state index contributed by atoms with van der Waals surface area (Å²) in [5, 5.41) is 18.1. The molecule has 0 unspecified atom stereocenters. The summed E-state index contributed by atoms with van der Waals surface area (Å²) in [6.07, 6.45) is 0.367. The molecular weight excluding hydrogens is 168 g/mol. The van der Waals surface area contributed by atoms with Crippen LogP contribution in [0.25, 0.3) is 0 Å². The first kappa shape index (κ1) is 9.74. The normalized spacial score (nSPS) is 10.0. The third kappa shape index (κ3) is 2.06. The maximum absolute atomic E-state index is 11.2. The number of hydrogen-bond donors (Lipinski definition) is 2. The van der Waals surface area contributed by atoms with Crippen LogP contribution >= 0.6 is 0 Å². The van der Waals surface area contributed by atoms with Crippen molar-refractivity contribution in [1.82, 2.24) is 0 Å². The summed E-state index contributed by atoms with van der Waals surface area (Å²) in [5.74, 6) is -0.152. The van der Waals surface area contributed by atoms with Crippen molar-refractivity contribution in [3.05, 3.63) is 29.3 Å². The van der Waals surface area contributed by atoms with Crippen LogP contribution in [0.5, 0.6) is 5.75 Å². The highest BCUT2D eigenvalue weighted by Gasteiger charge is 2.08. The average Bonchev–Trinajstić information content (AvgIpc) is 2.16. The Morgan fingerprint density at radius 2 is 2.15 bits per heavy atom. The maximum atomic E-state index is 11.2. The van der Waals surface area contributed by atoms with E-state index < -0.39 is 0 Å². The molecule has 0 amide bonds. The molecule has 0 heterocycles. The Balaban J connectivity index is 3.05. The summed E-state index contributed by atoms with van der Waals surface area (Å²) in [6.45, 7) is 1.61. The van der Waals surface area contributed by atoms with Crippen LogP contribution in [0.3, 0.4) is 0 Å². The zero-order valence-corrected chi connectivity index (χ0v) is 7.45. The van der Waals surface area contributed by atoms with E-state index in [-0.39, 0.29) is 18.1 Å². The number of aliphatic hydroxyl groups is 1. The Morgan fingerprint density at radius 1 is 1.46 bits per heavy atom. The Kier molecular flexibility index (Phi) is 3.03. The first-order valence-electron chi connectivity index (χ1n) is 4.15. The van der Waals surface area contributed by atoms with Gasteiger partial charge >= 0.3 is 0 Å². The minimum absolute atomic E-state index is 0.0570. The van der Waals surface area contributed by atoms with Gasteiger partial charge in [-0.05, 0) is 17.7 Å². The molecule has 0 spiro atoms. The molecule has 0 aliphatic heterocycles. The van der Waals surface area contributed by atoms with Gasteiger partial charge in [-0.3, -0.25) is 4.79 Å². The number of phenols is 1. The molecule has 3 nitrogen and oxygen atoms in total. The lowest BCUT2D eigenvalue weighted by molar-refractivity contribution is 0.0985. The summed E-state index contributed by atoms with van der Waals surface area (Å²) in [6, 6.07) is 4.57.